The fourth-order valence-electron chi connectivity index (χ4n) is 1.63. The van der Waals surface area contributed by atoms with E-state index in [1.165, 1.54) is 0 Å². The van der Waals surface area contributed by atoms with Gasteiger partial charge in [-0.15, -0.1) is 4.48 Å². The van der Waals surface area contributed by atoms with E-state index < -0.39 is 10.9 Å². The lowest BCUT2D eigenvalue weighted by atomic mass is 10.1. The first-order chi connectivity index (χ1) is 7.68. The molecule has 16 heavy (non-hydrogen) atoms. The van der Waals surface area contributed by atoms with E-state index in [4.69, 9.17) is 0 Å². The highest BCUT2D eigenvalue weighted by atomic mass is 32.2. The summed E-state index contributed by atoms with van der Waals surface area (Å²) in [4.78, 5) is 0. The predicted octanol–water partition coefficient (Wildman–Crippen LogP) is 2.05. The lowest BCUT2D eigenvalue weighted by molar-refractivity contribution is 0.137. The van der Waals surface area contributed by atoms with Gasteiger partial charge in [-0.1, -0.05) is 42.5 Å². The molecule has 2 rings (SSSR count). The molecule has 0 aliphatic carbocycles. The van der Waals surface area contributed by atoms with Gasteiger partial charge in [0.25, 0.3) is 0 Å². The van der Waals surface area contributed by atoms with Crippen LogP contribution in [-0.4, -0.2) is 12.9 Å². The number of thiol groups is 1. The molecule has 0 aliphatic heterocycles. The maximum atomic E-state index is 13.0. The summed E-state index contributed by atoms with van der Waals surface area (Å²) in [6.45, 7) is -0.250. The maximum Gasteiger partial charge on any atom is 0.230 e. The number of hydrogen-bond acceptors (Lipinski definition) is 2. The molecule has 0 radical (unpaired) electrons. The zero-order valence-electron chi connectivity index (χ0n) is 8.34. The highest BCUT2D eigenvalue weighted by molar-refractivity contribution is 7.69. The van der Waals surface area contributed by atoms with Gasteiger partial charge in [0.2, 0.25) is 10.9 Å². The summed E-state index contributed by atoms with van der Waals surface area (Å²) < 4.78 is 33.6. The Morgan fingerprint density at radius 3 is 2.50 bits per heavy atom. The van der Waals surface area contributed by atoms with Crippen molar-refractivity contribution < 1.29 is 12.9 Å². The van der Waals surface area contributed by atoms with E-state index in [1.54, 1.807) is 12.1 Å². The zero-order chi connectivity index (χ0) is 11.5. The van der Waals surface area contributed by atoms with Gasteiger partial charge in [0.1, 0.15) is 0 Å². The summed E-state index contributed by atoms with van der Waals surface area (Å²) in [5.74, 6) is 0. The minimum Gasteiger partial charge on any atom is -0.213 e. The SMILES string of the molecule is O=[SH](=O)N(F)Cc1cccc2ccccc12. The minimum atomic E-state index is -3.17. The van der Waals surface area contributed by atoms with Crippen molar-refractivity contribution in [3.05, 3.63) is 48.0 Å². The Labute approximate surface area is 94.1 Å². The lowest BCUT2D eigenvalue weighted by Gasteiger charge is -2.07. The number of halogens is 1. The fraction of sp³-hybridized carbons (Fsp3) is 0.0909. The van der Waals surface area contributed by atoms with Crippen LogP contribution in [0.2, 0.25) is 0 Å². The Morgan fingerprint density at radius 2 is 1.75 bits per heavy atom. The molecule has 5 heteroatoms. The Bertz CT molecular complexity index is 570. The third-order valence-corrected chi connectivity index (χ3v) is 2.85. The van der Waals surface area contributed by atoms with E-state index in [-0.39, 0.29) is 11.1 Å². The minimum absolute atomic E-state index is 0.183. The molecule has 0 saturated heterocycles. The second-order valence-electron chi connectivity index (χ2n) is 3.37. The largest absolute Gasteiger partial charge is 0.230 e. The first-order valence-electron chi connectivity index (χ1n) is 4.73. The number of rotatable bonds is 3. The zero-order valence-corrected chi connectivity index (χ0v) is 9.23. The second-order valence-corrected chi connectivity index (χ2v) is 4.28. The summed E-state index contributed by atoms with van der Waals surface area (Å²) >= 11 is 0. The Balaban J connectivity index is 2.44. The Hall–Kier alpha value is -1.46. The van der Waals surface area contributed by atoms with E-state index in [0.717, 1.165) is 10.8 Å². The van der Waals surface area contributed by atoms with Crippen LogP contribution in [-0.2, 0) is 17.4 Å². The maximum absolute atomic E-state index is 13.0. The van der Waals surface area contributed by atoms with Crippen LogP contribution in [0.3, 0.4) is 0 Å². The monoisotopic (exact) mass is 239 g/mol. The standard InChI is InChI=1S/C11H10FNO2S/c12-13(16(14)15)8-10-6-3-5-9-4-1-2-7-11(9)10/h1-7,16H,8H2. The molecule has 0 fully saturated rings. The predicted molar refractivity (Wildman–Crippen MR) is 60.9 cm³/mol. The van der Waals surface area contributed by atoms with Crippen LogP contribution in [0.4, 0.5) is 4.48 Å². The van der Waals surface area contributed by atoms with E-state index in [0.29, 0.717) is 5.56 Å². The van der Waals surface area contributed by atoms with Crippen molar-refractivity contribution >= 4 is 21.7 Å². The van der Waals surface area contributed by atoms with Crippen LogP contribution >= 0.6 is 0 Å². The van der Waals surface area contributed by atoms with Gasteiger partial charge in [0.05, 0.1) is 6.54 Å². The molecule has 0 aliphatic rings. The topological polar surface area (TPSA) is 37.4 Å². The molecular weight excluding hydrogens is 229 g/mol. The summed E-state index contributed by atoms with van der Waals surface area (Å²) in [5, 5.41) is 1.83. The van der Waals surface area contributed by atoms with Crippen molar-refractivity contribution in [1.29, 1.82) is 0 Å². The van der Waals surface area contributed by atoms with E-state index in [2.05, 4.69) is 0 Å². The molecule has 0 bridgehead atoms. The molecule has 0 spiro atoms. The molecule has 0 heterocycles. The second kappa shape index (κ2) is 4.59. The summed E-state index contributed by atoms with van der Waals surface area (Å²) in [6.07, 6.45) is 0. The highest BCUT2D eigenvalue weighted by Gasteiger charge is 2.08. The van der Waals surface area contributed by atoms with Crippen molar-refractivity contribution in [2.45, 2.75) is 6.54 Å². The van der Waals surface area contributed by atoms with Gasteiger partial charge in [0, 0.05) is 0 Å². The number of benzene rings is 2. The fourth-order valence-corrected chi connectivity index (χ4v) is 1.90. The molecule has 84 valence electrons. The van der Waals surface area contributed by atoms with Gasteiger partial charge >= 0.3 is 0 Å². The third-order valence-electron chi connectivity index (χ3n) is 2.36. The molecule has 3 nitrogen and oxygen atoms in total. The van der Waals surface area contributed by atoms with Crippen LogP contribution in [0.5, 0.6) is 0 Å². The number of fused-ring (bicyclic) bond motifs is 1. The first kappa shape index (κ1) is 11.0. The van der Waals surface area contributed by atoms with E-state index in [1.807, 2.05) is 30.3 Å². The Morgan fingerprint density at radius 1 is 1.06 bits per heavy atom. The molecule has 0 saturated carbocycles. The first-order valence-corrected chi connectivity index (χ1v) is 5.86. The summed E-state index contributed by atoms with van der Waals surface area (Å²) in [6, 6.07) is 12.9. The highest BCUT2D eigenvalue weighted by Crippen LogP contribution is 2.19. The van der Waals surface area contributed by atoms with Crippen molar-refractivity contribution in [3.8, 4) is 0 Å². The normalized spacial score (nSPS) is 11.4. The van der Waals surface area contributed by atoms with Gasteiger partial charge in [0.15, 0.2) is 0 Å². The van der Waals surface area contributed by atoms with E-state index in [9.17, 15) is 12.9 Å². The number of hydrogen-bond donors (Lipinski definition) is 1. The van der Waals surface area contributed by atoms with E-state index >= 15 is 0 Å². The van der Waals surface area contributed by atoms with Crippen LogP contribution in [0.15, 0.2) is 42.5 Å². The quantitative estimate of drug-likeness (QED) is 0.657. The lowest BCUT2D eigenvalue weighted by Crippen LogP contribution is -2.10. The third kappa shape index (κ3) is 2.20. The van der Waals surface area contributed by atoms with Crippen molar-refractivity contribution in [1.82, 2.24) is 4.53 Å². The molecule has 0 aromatic heterocycles. The van der Waals surface area contributed by atoms with Gasteiger partial charge in [-0.3, -0.25) is 0 Å². The molecule has 0 amide bonds. The molecule has 0 atom stereocenters. The van der Waals surface area contributed by atoms with Crippen LogP contribution in [0.25, 0.3) is 10.8 Å². The number of nitrogens with zero attached hydrogens (tertiary/aromatic N) is 1. The van der Waals surface area contributed by atoms with Crippen molar-refractivity contribution in [2.75, 3.05) is 0 Å². The summed E-state index contributed by atoms with van der Waals surface area (Å²) in [5.41, 5.74) is 0.653. The average Bonchev–Trinajstić information content (AvgIpc) is 2.29. The molecular formula is C11H10FNO2S. The molecule has 0 unspecified atom stereocenters. The van der Waals surface area contributed by atoms with Crippen LogP contribution < -0.4 is 0 Å². The van der Waals surface area contributed by atoms with Gasteiger partial charge < -0.3 is 0 Å². The van der Waals surface area contributed by atoms with Gasteiger partial charge in [-0.05, 0) is 20.9 Å². The summed E-state index contributed by atoms with van der Waals surface area (Å²) in [7, 11) is -3.17. The van der Waals surface area contributed by atoms with Gasteiger partial charge in [-0.25, -0.2) is 8.42 Å². The van der Waals surface area contributed by atoms with Crippen LogP contribution in [0, 0.1) is 0 Å². The molecule has 0 N–H and O–H groups in total. The Kier molecular flexibility index (Phi) is 3.17. The average molecular weight is 239 g/mol. The van der Waals surface area contributed by atoms with Crippen LogP contribution in [0.1, 0.15) is 5.56 Å². The smallest absolute Gasteiger partial charge is 0.213 e. The van der Waals surface area contributed by atoms with Crippen molar-refractivity contribution in [2.24, 2.45) is 0 Å². The molecule has 2 aromatic rings. The molecule has 2 aromatic carbocycles. The van der Waals surface area contributed by atoms with Gasteiger partial charge in [-0.2, -0.15) is 0 Å². The van der Waals surface area contributed by atoms with Crippen molar-refractivity contribution in [3.63, 3.8) is 0 Å².